The van der Waals surface area contributed by atoms with Crippen molar-refractivity contribution in [1.29, 1.82) is 0 Å². The van der Waals surface area contributed by atoms with Gasteiger partial charge in [-0.25, -0.2) is 4.79 Å². The van der Waals surface area contributed by atoms with Gasteiger partial charge in [0, 0.05) is 6.04 Å². The summed E-state index contributed by atoms with van der Waals surface area (Å²) in [6.07, 6.45) is 2.04. The Bertz CT molecular complexity index is 824. The number of carbonyl (C=O) groups excluding carboxylic acids is 2. The van der Waals surface area contributed by atoms with Gasteiger partial charge < -0.3 is 10.5 Å². The summed E-state index contributed by atoms with van der Waals surface area (Å²) in [7, 11) is 0. The molecule has 1 aliphatic carbocycles. The summed E-state index contributed by atoms with van der Waals surface area (Å²) in [5, 5.41) is 11.0. The average molecular weight is 396 g/mol. The Morgan fingerprint density at radius 3 is 2.81 bits per heavy atom. The van der Waals surface area contributed by atoms with Crippen molar-refractivity contribution in [3.63, 3.8) is 0 Å². The Hall–Kier alpha value is -2.26. The number of aromatic nitrogens is 3. The van der Waals surface area contributed by atoms with Crippen molar-refractivity contribution in [2.75, 3.05) is 0 Å². The summed E-state index contributed by atoms with van der Waals surface area (Å²) in [5.74, 6) is 0.766. The van der Waals surface area contributed by atoms with Crippen LogP contribution < -0.4 is 15.8 Å². The van der Waals surface area contributed by atoms with Crippen LogP contribution in [0, 0.1) is 0 Å². The number of nitrogens with zero attached hydrogens (tertiary/aromatic N) is 3. The highest BCUT2D eigenvalue weighted by molar-refractivity contribution is 8.00. The Balaban J connectivity index is 1.71. The predicted molar refractivity (Wildman–Crippen MR) is 97.1 cm³/mol. The van der Waals surface area contributed by atoms with Gasteiger partial charge in [-0.1, -0.05) is 35.5 Å². The lowest BCUT2D eigenvalue weighted by Crippen LogP contribution is -2.39. The summed E-state index contributed by atoms with van der Waals surface area (Å²) in [5.41, 5.74) is 4.98. The molecular formula is C16H18ClN5O3S. The molecule has 26 heavy (non-hydrogen) atoms. The first-order valence-corrected chi connectivity index (χ1v) is 9.29. The molecule has 1 aromatic carbocycles. The molecular weight excluding hydrogens is 378 g/mol. The molecule has 3 rings (SSSR count). The summed E-state index contributed by atoms with van der Waals surface area (Å²) in [4.78, 5) is 22.7. The second-order valence-corrected chi connectivity index (χ2v) is 7.55. The van der Waals surface area contributed by atoms with Gasteiger partial charge in [-0.2, -0.15) is 0 Å². The zero-order chi connectivity index (χ0) is 18.7. The number of nitrogens with one attached hydrogen (secondary N) is 1. The van der Waals surface area contributed by atoms with Crippen LogP contribution >= 0.6 is 23.4 Å². The number of carbonyl (C=O) groups is 2. The molecule has 1 aromatic heterocycles. The van der Waals surface area contributed by atoms with Crippen LogP contribution in [0.1, 0.15) is 31.6 Å². The molecule has 3 amide bonds. The molecule has 0 spiro atoms. The summed E-state index contributed by atoms with van der Waals surface area (Å²) in [6, 6.07) is 6.63. The van der Waals surface area contributed by atoms with Crippen molar-refractivity contribution in [2.24, 2.45) is 5.73 Å². The minimum absolute atomic E-state index is 0.218. The van der Waals surface area contributed by atoms with Crippen LogP contribution in [0.2, 0.25) is 5.02 Å². The number of nitrogens with two attached hydrogens (primary N) is 1. The number of ether oxygens (including phenoxy) is 1. The fourth-order valence-electron chi connectivity index (χ4n) is 2.32. The van der Waals surface area contributed by atoms with Crippen LogP contribution in [0.25, 0.3) is 0 Å². The number of hydrogen-bond acceptors (Lipinski definition) is 6. The van der Waals surface area contributed by atoms with Gasteiger partial charge in [0.25, 0.3) is 0 Å². The van der Waals surface area contributed by atoms with Gasteiger partial charge in [-0.05, 0) is 31.9 Å². The first-order chi connectivity index (χ1) is 12.5. The number of thioether (sulfide) groups is 1. The van der Waals surface area contributed by atoms with Gasteiger partial charge in [-0.3, -0.25) is 14.7 Å². The third kappa shape index (κ3) is 4.47. The summed E-state index contributed by atoms with van der Waals surface area (Å²) in [6.45, 7) is 1.89. The van der Waals surface area contributed by atoms with E-state index in [1.54, 1.807) is 19.1 Å². The fourth-order valence-corrected chi connectivity index (χ4v) is 3.45. The third-order valence-electron chi connectivity index (χ3n) is 3.74. The number of primary amides is 1. The number of amides is 3. The Morgan fingerprint density at radius 1 is 1.42 bits per heavy atom. The molecule has 0 unspecified atom stereocenters. The van der Waals surface area contributed by atoms with Crippen LogP contribution in [-0.2, 0) is 11.4 Å². The van der Waals surface area contributed by atoms with Crippen LogP contribution in [0.15, 0.2) is 29.4 Å². The van der Waals surface area contributed by atoms with Gasteiger partial charge in [0.05, 0.1) is 10.3 Å². The zero-order valence-corrected chi connectivity index (χ0v) is 15.6. The van der Waals surface area contributed by atoms with Crippen LogP contribution in [0.5, 0.6) is 5.75 Å². The molecule has 0 bridgehead atoms. The SMILES string of the molecule is C[C@@H](Sc1nnc(COc2ccccc2Cl)n1C1CC1)C(=O)NC(N)=O. The number of imide groups is 1. The van der Waals surface area contributed by atoms with Crippen molar-refractivity contribution in [3.05, 3.63) is 35.1 Å². The van der Waals surface area contributed by atoms with Gasteiger partial charge in [0.1, 0.15) is 12.4 Å². The molecule has 1 aliphatic rings. The Kier molecular flexibility index (Phi) is 5.67. The van der Waals surface area contributed by atoms with E-state index in [-0.39, 0.29) is 6.61 Å². The monoisotopic (exact) mass is 395 g/mol. The lowest BCUT2D eigenvalue weighted by molar-refractivity contribution is -0.119. The van der Waals surface area contributed by atoms with Gasteiger partial charge in [0.2, 0.25) is 5.91 Å². The molecule has 2 aromatic rings. The van der Waals surface area contributed by atoms with E-state index >= 15 is 0 Å². The van der Waals surface area contributed by atoms with Crippen molar-refractivity contribution in [2.45, 2.75) is 42.8 Å². The van der Waals surface area contributed by atoms with Crippen LogP contribution in [0.4, 0.5) is 4.79 Å². The van der Waals surface area contributed by atoms with Crippen molar-refractivity contribution < 1.29 is 14.3 Å². The zero-order valence-electron chi connectivity index (χ0n) is 14.0. The minimum Gasteiger partial charge on any atom is -0.484 e. The first kappa shape index (κ1) is 18.5. The molecule has 138 valence electrons. The van der Waals surface area contributed by atoms with Gasteiger partial charge in [0.15, 0.2) is 11.0 Å². The molecule has 1 heterocycles. The maximum Gasteiger partial charge on any atom is 0.318 e. The number of benzene rings is 1. The fraction of sp³-hybridized carbons (Fsp3) is 0.375. The molecule has 0 saturated heterocycles. The van der Waals surface area contributed by atoms with Crippen molar-refractivity contribution in [3.8, 4) is 5.75 Å². The molecule has 0 aliphatic heterocycles. The van der Waals surface area contributed by atoms with E-state index in [0.29, 0.717) is 27.8 Å². The summed E-state index contributed by atoms with van der Waals surface area (Å²) >= 11 is 7.32. The van der Waals surface area contributed by atoms with E-state index in [1.165, 1.54) is 11.8 Å². The second-order valence-electron chi connectivity index (χ2n) is 5.83. The van der Waals surface area contributed by atoms with Gasteiger partial charge in [-0.15, -0.1) is 10.2 Å². The van der Waals surface area contributed by atoms with Crippen LogP contribution in [0.3, 0.4) is 0 Å². The molecule has 1 saturated carbocycles. The molecule has 10 heteroatoms. The highest BCUT2D eigenvalue weighted by atomic mass is 35.5. The van der Waals surface area contributed by atoms with Gasteiger partial charge >= 0.3 is 6.03 Å². The second kappa shape index (κ2) is 7.96. The average Bonchev–Trinajstić information content (AvgIpc) is 3.35. The lowest BCUT2D eigenvalue weighted by Gasteiger charge is -2.13. The lowest BCUT2D eigenvalue weighted by atomic mass is 10.3. The number of para-hydroxylation sites is 1. The Labute approximate surface area is 159 Å². The predicted octanol–water partition coefficient (Wildman–Crippen LogP) is 2.52. The molecule has 0 radical (unpaired) electrons. The smallest absolute Gasteiger partial charge is 0.318 e. The highest BCUT2D eigenvalue weighted by Crippen LogP contribution is 2.39. The van der Waals surface area contributed by atoms with E-state index in [2.05, 4.69) is 15.5 Å². The highest BCUT2D eigenvalue weighted by Gasteiger charge is 2.31. The molecule has 8 nitrogen and oxygen atoms in total. The minimum atomic E-state index is -0.875. The normalized spacial score (nSPS) is 14.7. The number of halogens is 1. The van der Waals surface area contributed by atoms with Crippen molar-refractivity contribution in [1.82, 2.24) is 20.1 Å². The van der Waals surface area contributed by atoms with E-state index in [0.717, 1.165) is 12.8 Å². The maximum atomic E-state index is 11.9. The third-order valence-corrected chi connectivity index (χ3v) is 5.11. The van der Waals surface area contributed by atoms with E-state index in [1.807, 2.05) is 16.7 Å². The van der Waals surface area contributed by atoms with E-state index < -0.39 is 17.2 Å². The summed E-state index contributed by atoms with van der Waals surface area (Å²) < 4.78 is 7.74. The maximum absolute atomic E-state index is 11.9. The molecule has 1 atom stereocenters. The van der Waals surface area contributed by atoms with E-state index in [9.17, 15) is 9.59 Å². The largest absolute Gasteiger partial charge is 0.484 e. The van der Waals surface area contributed by atoms with Crippen LogP contribution in [-0.4, -0.2) is 32.0 Å². The Morgan fingerprint density at radius 2 is 2.15 bits per heavy atom. The van der Waals surface area contributed by atoms with Crippen molar-refractivity contribution >= 4 is 35.3 Å². The number of urea groups is 1. The molecule has 1 fully saturated rings. The van der Waals surface area contributed by atoms with E-state index in [4.69, 9.17) is 22.1 Å². The first-order valence-electron chi connectivity index (χ1n) is 8.03. The number of hydrogen-bond donors (Lipinski definition) is 2. The standard InChI is InChI=1S/C16H18ClN5O3S/c1-9(14(23)19-15(18)24)26-16-21-20-13(22(16)10-6-7-10)8-25-12-5-3-2-4-11(12)17/h2-5,9-10H,6-8H2,1H3,(H3,18,19,23,24)/t9-/m1/s1. The molecule has 3 N–H and O–H groups in total. The topological polar surface area (TPSA) is 112 Å². The number of rotatable bonds is 7. The quantitative estimate of drug-likeness (QED) is 0.696.